The smallest absolute Gasteiger partial charge is 0.152 e. The van der Waals surface area contributed by atoms with Gasteiger partial charge in [0.05, 0.1) is 23.7 Å². The van der Waals surface area contributed by atoms with Crippen LogP contribution in [0.25, 0.3) is 22.4 Å². The summed E-state index contributed by atoms with van der Waals surface area (Å²) in [6, 6.07) is 17.4. The van der Waals surface area contributed by atoms with Crippen molar-refractivity contribution in [3.63, 3.8) is 0 Å². The van der Waals surface area contributed by atoms with Crippen molar-refractivity contribution in [3.05, 3.63) is 96.4 Å². The molecule has 5 rings (SSSR count). The van der Waals surface area contributed by atoms with Crippen LogP contribution in [0.2, 0.25) is 0 Å². The fourth-order valence-corrected chi connectivity index (χ4v) is 4.37. The van der Waals surface area contributed by atoms with Crippen LogP contribution in [0.5, 0.6) is 5.75 Å². The highest BCUT2D eigenvalue weighted by Crippen LogP contribution is 2.28. The van der Waals surface area contributed by atoms with Gasteiger partial charge in [0, 0.05) is 36.0 Å². The maximum Gasteiger partial charge on any atom is 0.152 e. The zero-order valence-electron chi connectivity index (χ0n) is 21.1. The molecule has 3 heterocycles. The molecule has 39 heavy (non-hydrogen) atoms. The summed E-state index contributed by atoms with van der Waals surface area (Å²) in [4.78, 5) is 13.2. The van der Waals surface area contributed by atoms with Crippen LogP contribution in [0.1, 0.15) is 11.1 Å². The van der Waals surface area contributed by atoms with Crippen LogP contribution in [-0.2, 0) is 23.0 Å². The maximum atomic E-state index is 13.4. The van der Waals surface area contributed by atoms with E-state index in [0.29, 0.717) is 41.6 Å². The van der Waals surface area contributed by atoms with Crippen molar-refractivity contribution < 1.29 is 22.0 Å². The summed E-state index contributed by atoms with van der Waals surface area (Å²) >= 11 is 0. The first-order chi connectivity index (χ1) is 18.8. The van der Waals surface area contributed by atoms with Crippen molar-refractivity contribution >= 4 is 32.2 Å². The van der Waals surface area contributed by atoms with Crippen LogP contribution in [0.15, 0.2) is 83.9 Å². The van der Waals surface area contributed by atoms with Gasteiger partial charge in [-0.15, -0.1) is 0 Å². The third-order valence-electron chi connectivity index (χ3n) is 5.82. The molecule has 0 amide bonds. The Hall–Kier alpha value is -4.35. The molecule has 5 aromatic rings. The van der Waals surface area contributed by atoms with Gasteiger partial charge >= 0.3 is 0 Å². The number of nitrogens with one attached hydrogen (secondary N) is 2. The lowest BCUT2D eigenvalue weighted by Gasteiger charge is -2.10. The molecule has 0 fully saturated rings. The van der Waals surface area contributed by atoms with Gasteiger partial charge in [0.2, 0.25) is 0 Å². The predicted molar refractivity (Wildman–Crippen MR) is 147 cm³/mol. The Morgan fingerprint density at radius 2 is 1.85 bits per heavy atom. The molecule has 2 N–H and O–H groups in total. The Labute approximate surface area is 225 Å². The van der Waals surface area contributed by atoms with Gasteiger partial charge in [-0.1, -0.05) is 12.1 Å². The van der Waals surface area contributed by atoms with Gasteiger partial charge in [-0.2, -0.15) is 0 Å². The normalized spacial score (nSPS) is 11.5. The summed E-state index contributed by atoms with van der Waals surface area (Å²) in [5.41, 5.74) is 3.71. The van der Waals surface area contributed by atoms with E-state index >= 15 is 0 Å². The number of anilines is 2. The van der Waals surface area contributed by atoms with E-state index < -0.39 is 9.84 Å². The first kappa shape index (κ1) is 26.3. The fourth-order valence-electron chi connectivity index (χ4n) is 3.85. The number of benzene rings is 2. The van der Waals surface area contributed by atoms with Gasteiger partial charge in [-0.25, -0.2) is 22.8 Å². The summed E-state index contributed by atoms with van der Waals surface area (Å²) in [6.45, 7) is 1.10. The molecule has 3 aromatic heterocycles. The summed E-state index contributed by atoms with van der Waals surface area (Å²) in [7, 11) is -3.01. The number of hydrogen-bond donors (Lipinski definition) is 2. The highest BCUT2D eigenvalue weighted by molar-refractivity contribution is 7.90. The Balaban J connectivity index is 1.26. The molecule has 11 heteroatoms. The average molecular weight is 548 g/mol. The highest BCUT2D eigenvalue weighted by atomic mass is 32.2. The van der Waals surface area contributed by atoms with Gasteiger partial charge in [0.25, 0.3) is 0 Å². The zero-order chi connectivity index (χ0) is 27.2. The monoisotopic (exact) mass is 547 g/mol. The van der Waals surface area contributed by atoms with Crippen LogP contribution < -0.4 is 15.4 Å². The Bertz CT molecular complexity index is 1690. The molecule has 0 saturated carbocycles. The molecule has 0 spiro atoms. The van der Waals surface area contributed by atoms with Crippen LogP contribution in [0, 0.1) is 5.82 Å². The molecular formula is C28H26FN5O4S. The van der Waals surface area contributed by atoms with Gasteiger partial charge in [0.1, 0.15) is 45.8 Å². The summed E-state index contributed by atoms with van der Waals surface area (Å²) < 4.78 is 47.4. The third kappa shape index (κ3) is 7.15. The number of aromatic nitrogens is 3. The summed E-state index contributed by atoms with van der Waals surface area (Å²) in [5, 5.41) is 7.17. The second-order valence-electron chi connectivity index (χ2n) is 9.00. The molecule has 0 unspecified atom stereocenters. The molecule has 2 aromatic carbocycles. The van der Waals surface area contributed by atoms with Crippen LogP contribution in [-0.4, -0.2) is 41.9 Å². The number of halogens is 1. The van der Waals surface area contributed by atoms with Crippen molar-refractivity contribution in [1.82, 2.24) is 20.3 Å². The lowest BCUT2D eigenvalue weighted by molar-refractivity contribution is 0.305. The number of hydrogen-bond acceptors (Lipinski definition) is 9. The Morgan fingerprint density at radius 3 is 2.64 bits per heavy atom. The molecular weight excluding hydrogens is 521 g/mol. The average Bonchev–Trinajstić information content (AvgIpc) is 3.39. The van der Waals surface area contributed by atoms with Crippen molar-refractivity contribution in [1.29, 1.82) is 0 Å². The Morgan fingerprint density at radius 1 is 1.00 bits per heavy atom. The number of sulfone groups is 1. The van der Waals surface area contributed by atoms with Crippen molar-refractivity contribution in [2.45, 2.75) is 13.2 Å². The predicted octanol–water partition coefficient (Wildman–Crippen LogP) is 4.88. The molecule has 0 aliphatic carbocycles. The zero-order valence-corrected chi connectivity index (χ0v) is 21.9. The lowest BCUT2D eigenvalue weighted by atomic mass is 10.2. The molecule has 0 radical (unpaired) electrons. The molecule has 0 aliphatic heterocycles. The lowest BCUT2D eigenvalue weighted by Crippen LogP contribution is -2.21. The highest BCUT2D eigenvalue weighted by Gasteiger charge is 2.11. The Kier molecular flexibility index (Phi) is 7.80. The number of rotatable bonds is 11. The van der Waals surface area contributed by atoms with Gasteiger partial charge in [0.15, 0.2) is 5.76 Å². The first-order valence-corrected chi connectivity index (χ1v) is 14.2. The van der Waals surface area contributed by atoms with Gasteiger partial charge in [-0.3, -0.25) is 4.98 Å². The number of furan rings is 1. The quantitative estimate of drug-likeness (QED) is 0.223. The maximum absolute atomic E-state index is 13.4. The van der Waals surface area contributed by atoms with Gasteiger partial charge in [-0.05, 0) is 54.1 Å². The largest absolute Gasteiger partial charge is 0.489 e. The van der Waals surface area contributed by atoms with E-state index in [1.807, 2.05) is 42.5 Å². The molecule has 0 bridgehead atoms. The SMILES string of the molecule is CS(=O)(=O)CCNCc1coc(-c2cc3c(Nc4ccc(OCc5cccc(F)c5)cc4)ncnc3cn2)c1. The molecule has 0 aliphatic rings. The van der Waals surface area contributed by atoms with E-state index in [0.717, 1.165) is 22.2 Å². The van der Waals surface area contributed by atoms with Crippen molar-refractivity contribution in [2.24, 2.45) is 0 Å². The third-order valence-corrected chi connectivity index (χ3v) is 6.76. The molecule has 0 atom stereocenters. The minimum Gasteiger partial charge on any atom is -0.489 e. The number of ether oxygens (including phenoxy) is 1. The molecule has 0 saturated heterocycles. The van der Waals surface area contributed by atoms with Crippen molar-refractivity contribution in [2.75, 3.05) is 23.9 Å². The topological polar surface area (TPSA) is 119 Å². The first-order valence-electron chi connectivity index (χ1n) is 12.1. The van der Waals surface area contributed by atoms with Crippen molar-refractivity contribution in [3.8, 4) is 17.2 Å². The number of fused-ring (bicyclic) bond motifs is 1. The van der Waals surface area contributed by atoms with Gasteiger partial charge < -0.3 is 19.8 Å². The van der Waals surface area contributed by atoms with E-state index in [4.69, 9.17) is 9.15 Å². The minimum atomic E-state index is -3.01. The van der Waals surface area contributed by atoms with E-state index in [9.17, 15) is 12.8 Å². The van der Waals surface area contributed by atoms with E-state index in [1.165, 1.54) is 24.7 Å². The molecule has 9 nitrogen and oxygen atoms in total. The van der Waals surface area contributed by atoms with Crippen LogP contribution >= 0.6 is 0 Å². The van der Waals surface area contributed by atoms with Crippen LogP contribution in [0.3, 0.4) is 0 Å². The summed E-state index contributed by atoms with van der Waals surface area (Å²) in [6.07, 6.45) is 5.96. The van der Waals surface area contributed by atoms with E-state index in [1.54, 1.807) is 18.5 Å². The second kappa shape index (κ2) is 11.6. The van der Waals surface area contributed by atoms with E-state index in [-0.39, 0.29) is 18.2 Å². The van der Waals surface area contributed by atoms with Crippen LogP contribution in [0.4, 0.5) is 15.9 Å². The minimum absolute atomic E-state index is 0.0738. The number of nitrogens with zero attached hydrogens (tertiary/aromatic N) is 3. The summed E-state index contributed by atoms with van der Waals surface area (Å²) in [5.74, 6) is 1.61. The standard InChI is InChI=1S/C28H26FN5O4S/c1-39(35,36)10-9-30-14-20-12-27(38-17-20)25-13-24-26(15-31-25)32-18-33-28(24)34-22-5-7-23(8-6-22)37-16-19-3-2-4-21(29)11-19/h2-8,11-13,15,17-18,30H,9-10,14,16H2,1H3,(H,32,33,34). The van der Waals surface area contributed by atoms with E-state index in [2.05, 4.69) is 25.6 Å². The fraction of sp³-hybridized carbons (Fsp3) is 0.179. The second-order valence-corrected chi connectivity index (χ2v) is 11.3. The number of pyridine rings is 1. The molecule has 200 valence electrons.